The average Bonchev–Trinajstić information content (AvgIpc) is 2.06. The third-order valence-electron chi connectivity index (χ3n) is 2.17. The molecule has 0 aromatic rings. The number of nitrogens with zero attached hydrogens (tertiary/aromatic N) is 1. The molecule has 0 aliphatic carbocycles. The molecule has 0 atom stereocenters. The molecule has 1 aliphatic heterocycles. The highest BCUT2D eigenvalue weighted by Crippen LogP contribution is 2.16. The van der Waals surface area contributed by atoms with E-state index < -0.39 is 0 Å². The van der Waals surface area contributed by atoms with Gasteiger partial charge in [-0.3, -0.25) is 4.79 Å². The maximum Gasteiger partial charge on any atom is 0.289 e. The molecule has 1 saturated heterocycles. The van der Waals surface area contributed by atoms with E-state index in [-0.39, 0.29) is 4.82 Å². The van der Waals surface area contributed by atoms with E-state index in [9.17, 15) is 4.79 Å². The van der Waals surface area contributed by atoms with Crippen molar-refractivity contribution in [2.75, 3.05) is 26.8 Å². The first-order chi connectivity index (χ1) is 5.70. The molecular weight excluding hydrogens is 222 g/mol. The van der Waals surface area contributed by atoms with E-state index in [4.69, 9.17) is 4.74 Å². The first kappa shape index (κ1) is 9.99. The minimum Gasteiger partial charge on any atom is -0.381 e. The molecule has 0 bridgehead atoms. The van der Waals surface area contributed by atoms with Crippen LogP contribution in [0.4, 0.5) is 4.79 Å². The first-order valence-electron chi connectivity index (χ1n) is 4.18. The number of hydrogen-bond donors (Lipinski definition) is 0. The number of halogens is 1. The van der Waals surface area contributed by atoms with Crippen molar-refractivity contribution in [3.05, 3.63) is 0 Å². The summed E-state index contributed by atoms with van der Waals surface area (Å²) in [4.78, 5) is 12.5. The molecule has 0 spiro atoms. The third kappa shape index (κ3) is 3.11. The van der Waals surface area contributed by atoms with E-state index in [0.717, 1.165) is 32.6 Å². The lowest BCUT2D eigenvalue weighted by Crippen LogP contribution is -2.30. The van der Waals surface area contributed by atoms with Crippen LogP contribution in [-0.2, 0) is 4.74 Å². The van der Waals surface area contributed by atoms with Crippen molar-refractivity contribution in [2.24, 2.45) is 5.92 Å². The monoisotopic (exact) mass is 235 g/mol. The highest BCUT2D eigenvalue weighted by Gasteiger charge is 2.16. The van der Waals surface area contributed by atoms with Gasteiger partial charge in [0.1, 0.15) is 0 Å². The molecule has 0 aromatic heterocycles. The molecule has 0 radical (unpaired) electrons. The number of ether oxygens (including phenoxy) is 1. The van der Waals surface area contributed by atoms with Crippen molar-refractivity contribution in [1.82, 2.24) is 4.90 Å². The highest BCUT2D eigenvalue weighted by molar-refractivity contribution is 9.18. The van der Waals surface area contributed by atoms with Crippen molar-refractivity contribution in [1.29, 1.82) is 0 Å². The molecule has 0 aromatic carbocycles. The molecule has 4 heteroatoms. The Morgan fingerprint density at radius 1 is 1.58 bits per heavy atom. The van der Waals surface area contributed by atoms with Gasteiger partial charge in [-0.25, -0.2) is 0 Å². The maximum absolute atomic E-state index is 10.8. The van der Waals surface area contributed by atoms with Crippen molar-refractivity contribution < 1.29 is 9.53 Å². The molecular formula is C8H14BrNO2. The minimum atomic E-state index is -0.0333. The zero-order valence-corrected chi connectivity index (χ0v) is 8.84. The Labute approximate surface area is 81.2 Å². The van der Waals surface area contributed by atoms with Gasteiger partial charge in [0, 0.05) is 42.7 Å². The third-order valence-corrected chi connectivity index (χ3v) is 2.78. The summed E-state index contributed by atoms with van der Waals surface area (Å²) in [5.41, 5.74) is 0. The summed E-state index contributed by atoms with van der Waals surface area (Å²) in [6.07, 6.45) is 2.15. The Morgan fingerprint density at radius 2 is 2.17 bits per heavy atom. The second kappa shape index (κ2) is 4.82. The molecule has 0 N–H and O–H groups in total. The standard InChI is InChI=1S/C8H14BrNO2/c1-10(8(9)11)6-7-2-4-12-5-3-7/h7H,2-6H2,1H3. The molecule has 1 fully saturated rings. The molecule has 3 nitrogen and oxygen atoms in total. The minimum absolute atomic E-state index is 0.0333. The summed E-state index contributed by atoms with van der Waals surface area (Å²) in [5, 5.41) is 0. The lowest BCUT2D eigenvalue weighted by Gasteiger charge is -2.25. The Hall–Kier alpha value is -0.0900. The predicted molar refractivity (Wildman–Crippen MR) is 50.5 cm³/mol. The van der Waals surface area contributed by atoms with Gasteiger partial charge in [-0.15, -0.1) is 0 Å². The largest absolute Gasteiger partial charge is 0.381 e. The summed E-state index contributed by atoms with van der Waals surface area (Å²) in [7, 11) is 1.81. The zero-order chi connectivity index (χ0) is 8.97. The number of carbonyl (C=O) groups is 1. The summed E-state index contributed by atoms with van der Waals surface area (Å²) in [5.74, 6) is 0.616. The van der Waals surface area contributed by atoms with E-state index >= 15 is 0 Å². The summed E-state index contributed by atoms with van der Waals surface area (Å²) < 4.78 is 5.23. The quantitative estimate of drug-likeness (QED) is 0.541. The normalized spacial score (nSPS) is 19.2. The van der Waals surface area contributed by atoms with Crippen molar-refractivity contribution >= 4 is 20.7 Å². The van der Waals surface area contributed by atoms with Gasteiger partial charge in [0.05, 0.1) is 0 Å². The van der Waals surface area contributed by atoms with Gasteiger partial charge in [-0.2, -0.15) is 0 Å². The Balaban J connectivity index is 2.24. The fourth-order valence-electron chi connectivity index (χ4n) is 1.39. The first-order valence-corrected chi connectivity index (χ1v) is 4.98. The van der Waals surface area contributed by atoms with E-state index in [1.54, 1.807) is 4.90 Å². The molecule has 70 valence electrons. The lowest BCUT2D eigenvalue weighted by atomic mass is 10.0. The molecule has 1 rings (SSSR count). The fraction of sp³-hybridized carbons (Fsp3) is 0.875. The fourth-order valence-corrected chi connectivity index (χ4v) is 1.53. The van der Waals surface area contributed by atoms with Crippen LogP contribution in [0.3, 0.4) is 0 Å². The van der Waals surface area contributed by atoms with Crippen LogP contribution in [0.15, 0.2) is 0 Å². The van der Waals surface area contributed by atoms with E-state index in [2.05, 4.69) is 15.9 Å². The van der Waals surface area contributed by atoms with Crippen LogP contribution in [0.5, 0.6) is 0 Å². The molecule has 1 heterocycles. The second-order valence-corrected chi connectivity index (χ2v) is 3.87. The molecule has 1 aliphatic rings. The van der Waals surface area contributed by atoms with Gasteiger partial charge in [-0.1, -0.05) is 0 Å². The topological polar surface area (TPSA) is 29.5 Å². The maximum atomic E-state index is 10.8. The van der Waals surface area contributed by atoms with Gasteiger partial charge < -0.3 is 9.64 Å². The van der Waals surface area contributed by atoms with Crippen LogP contribution >= 0.6 is 15.9 Å². The SMILES string of the molecule is CN(CC1CCOCC1)C(=O)Br. The zero-order valence-electron chi connectivity index (χ0n) is 7.25. The van der Waals surface area contributed by atoms with Gasteiger partial charge in [0.25, 0.3) is 4.82 Å². The van der Waals surface area contributed by atoms with Crippen LogP contribution in [0.25, 0.3) is 0 Å². The Bertz CT molecular complexity index is 157. The van der Waals surface area contributed by atoms with E-state index in [1.165, 1.54) is 0 Å². The molecule has 0 saturated carbocycles. The summed E-state index contributed by atoms with van der Waals surface area (Å²) in [6.45, 7) is 2.53. The number of amides is 1. The molecule has 12 heavy (non-hydrogen) atoms. The lowest BCUT2D eigenvalue weighted by molar-refractivity contribution is 0.0598. The summed E-state index contributed by atoms with van der Waals surface area (Å²) in [6, 6.07) is 0. The molecule has 0 unspecified atom stereocenters. The van der Waals surface area contributed by atoms with Gasteiger partial charge in [-0.05, 0) is 18.8 Å². The van der Waals surface area contributed by atoms with Gasteiger partial charge in [0.15, 0.2) is 0 Å². The van der Waals surface area contributed by atoms with Gasteiger partial charge >= 0.3 is 0 Å². The van der Waals surface area contributed by atoms with Crippen molar-refractivity contribution in [2.45, 2.75) is 12.8 Å². The Kier molecular flexibility index (Phi) is 4.01. The number of carbonyl (C=O) groups excluding carboxylic acids is 1. The number of rotatable bonds is 2. The van der Waals surface area contributed by atoms with Crippen LogP contribution in [0.2, 0.25) is 0 Å². The van der Waals surface area contributed by atoms with Crippen LogP contribution < -0.4 is 0 Å². The molecule has 1 amide bonds. The highest BCUT2D eigenvalue weighted by atomic mass is 79.9. The van der Waals surface area contributed by atoms with E-state index in [1.807, 2.05) is 7.05 Å². The summed E-state index contributed by atoms with van der Waals surface area (Å²) >= 11 is 2.92. The van der Waals surface area contributed by atoms with Crippen LogP contribution in [-0.4, -0.2) is 36.5 Å². The average molecular weight is 236 g/mol. The van der Waals surface area contributed by atoms with Crippen LogP contribution in [0, 0.1) is 5.92 Å². The number of hydrogen-bond acceptors (Lipinski definition) is 2. The second-order valence-electron chi connectivity index (χ2n) is 3.19. The van der Waals surface area contributed by atoms with Crippen LogP contribution in [0.1, 0.15) is 12.8 Å². The van der Waals surface area contributed by atoms with Crippen molar-refractivity contribution in [3.63, 3.8) is 0 Å². The smallest absolute Gasteiger partial charge is 0.289 e. The van der Waals surface area contributed by atoms with E-state index in [0.29, 0.717) is 5.92 Å². The Morgan fingerprint density at radius 3 is 2.67 bits per heavy atom. The van der Waals surface area contributed by atoms with Crippen molar-refractivity contribution in [3.8, 4) is 0 Å². The van der Waals surface area contributed by atoms with Gasteiger partial charge in [0.2, 0.25) is 0 Å². The predicted octanol–water partition coefficient (Wildman–Crippen LogP) is 1.86.